The van der Waals surface area contributed by atoms with Crippen LogP contribution < -0.4 is 5.32 Å². The Labute approximate surface area is 88.7 Å². The van der Waals surface area contributed by atoms with Crippen LogP contribution in [0.1, 0.15) is 18.9 Å². The molecule has 0 bridgehead atoms. The Hall–Kier alpha value is -0.680. The first-order valence-corrected chi connectivity index (χ1v) is 5.63. The molecule has 0 spiro atoms. The van der Waals surface area contributed by atoms with Crippen LogP contribution in [0.15, 0.2) is 0 Å². The molecule has 0 amide bonds. The number of hydrogen-bond acceptors (Lipinski definition) is 5. The van der Waals surface area contributed by atoms with Crippen molar-refractivity contribution in [1.29, 1.82) is 0 Å². The van der Waals surface area contributed by atoms with Crippen molar-refractivity contribution in [2.45, 2.75) is 20.3 Å². The van der Waals surface area contributed by atoms with Gasteiger partial charge in [-0.15, -0.1) is 10.2 Å². The molecule has 0 aliphatic carbocycles. The Morgan fingerprint density at radius 2 is 2.29 bits per heavy atom. The highest BCUT2D eigenvalue weighted by Gasteiger charge is 2.04. The zero-order chi connectivity index (χ0) is 10.4. The minimum absolute atomic E-state index is 0.494. The second-order valence-electron chi connectivity index (χ2n) is 3.30. The van der Waals surface area contributed by atoms with Gasteiger partial charge in [0, 0.05) is 13.7 Å². The molecule has 1 unspecified atom stereocenters. The van der Waals surface area contributed by atoms with Crippen LogP contribution in [0.25, 0.3) is 0 Å². The summed E-state index contributed by atoms with van der Waals surface area (Å²) in [6.07, 6.45) is 0.951. The van der Waals surface area contributed by atoms with Gasteiger partial charge in [0.25, 0.3) is 0 Å². The molecule has 0 aliphatic rings. The van der Waals surface area contributed by atoms with Gasteiger partial charge in [-0.1, -0.05) is 25.2 Å². The highest BCUT2D eigenvalue weighted by atomic mass is 32.1. The number of rotatable bonds is 6. The second-order valence-corrected chi connectivity index (χ2v) is 4.36. The monoisotopic (exact) mass is 215 g/mol. The van der Waals surface area contributed by atoms with Crippen molar-refractivity contribution >= 4 is 16.5 Å². The fourth-order valence-corrected chi connectivity index (χ4v) is 1.76. The molecule has 0 fully saturated rings. The molecule has 0 aromatic carbocycles. The van der Waals surface area contributed by atoms with Gasteiger partial charge in [-0.25, -0.2) is 0 Å². The summed E-state index contributed by atoms with van der Waals surface area (Å²) >= 11 is 1.62. The summed E-state index contributed by atoms with van der Waals surface area (Å²) < 4.78 is 5.05. The van der Waals surface area contributed by atoms with Crippen molar-refractivity contribution in [3.8, 4) is 0 Å². The second kappa shape index (κ2) is 5.93. The molecule has 0 saturated carbocycles. The first kappa shape index (κ1) is 11.4. The summed E-state index contributed by atoms with van der Waals surface area (Å²) in [5.74, 6) is 0.494. The van der Waals surface area contributed by atoms with Crippen LogP contribution in [0.5, 0.6) is 0 Å². The van der Waals surface area contributed by atoms with Crippen LogP contribution >= 0.6 is 11.3 Å². The maximum absolute atomic E-state index is 5.05. The molecule has 0 aliphatic heterocycles. The first-order chi connectivity index (χ1) is 6.76. The number of anilines is 1. The first-order valence-electron chi connectivity index (χ1n) is 4.81. The quantitative estimate of drug-likeness (QED) is 0.786. The molecule has 1 rings (SSSR count). The number of nitrogens with one attached hydrogen (secondary N) is 1. The number of methoxy groups -OCH3 is 1. The molecule has 14 heavy (non-hydrogen) atoms. The van der Waals surface area contributed by atoms with Crippen LogP contribution in [0.4, 0.5) is 5.13 Å². The molecule has 80 valence electrons. The van der Waals surface area contributed by atoms with Gasteiger partial charge in [0.2, 0.25) is 5.13 Å². The largest absolute Gasteiger partial charge is 0.384 e. The summed E-state index contributed by atoms with van der Waals surface area (Å²) in [5.41, 5.74) is 0. The fraction of sp³-hybridized carbons (Fsp3) is 0.778. The topological polar surface area (TPSA) is 47.0 Å². The zero-order valence-electron chi connectivity index (χ0n) is 8.91. The molecule has 1 aromatic rings. The third-order valence-electron chi connectivity index (χ3n) is 1.82. The van der Waals surface area contributed by atoms with E-state index in [-0.39, 0.29) is 0 Å². The van der Waals surface area contributed by atoms with Crippen molar-refractivity contribution in [3.63, 3.8) is 0 Å². The molecular weight excluding hydrogens is 198 g/mol. The van der Waals surface area contributed by atoms with Crippen LogP contribution in [0.2, 0.25) is 0 Å². The van der Waals surface area contributed by atoms with Gasteiger partial charge in [0.05, 0.1) is 6.61 Å². The van der Waals surface area contributed by atoms with E-state index in [0.29, 0.717) is 5.92 Å². The number of hydrogen-bond donors (Lipinski definition) is 1. The predicted octanol–water partition coefficient (Wildman–Crippen LogP) is 1.79. The lowest BCUT2D eigenvalue weighted by Crippen LogP contribution is -2.15. The van der Waals surface area contributed by atoms with Crippen LogP contribution in [-0.2, 0) is 11.2 Å². The summed E-state index contributed by atoms with van der Waals surface area (Å²) in [6.45, 7) is 5.87. The van der Waals surface area contributed by atoms with Gasteiger partial charge >= 0.3 is 0 Å². The van der Waals surface area contributed by atoms with E-state index < -0.39 is 0 Å². The van der Waals surface area contributed by atoms with E-state index in [9.17, 15) is 0 Å². The molecule has 1 N–H and O–H groups in total. The van der Waals surface area contributed by atoms with E-state index in [2.05, 4.69) is 29.4 Å². The summed E-state index contributed by atoms with van der Waals surface area (Å²) in [5, 5.41) is 13.3. The van der Waals surface area contributed by atoms with Gasteiger partial charge < -0.3 is 10.1 Å². The standard InChI is InChI=1S/C9H17N3OS/c1-4-8-11-12-9(14-8)10-5-7(2)6-13-3/h7H,4-6H2,1-3H3,(H,10,12). The van der Waals surface area contributed by atoms with Gasteiger partial charge in [-0.2, -0.15) is 0 Å². The van der Waals surface area contributed by atoms with Crippen molar-refractivity contribution in [3.05, 3.63) is 5.01 Å². The number of aromatic nitrogens is 2. The Bertz CT molecular complexity index is 264. The smallest absolute Gasteiger partial charge is 0.205 e. The van der Waals surface area contributed by atoms with Crippen LogP contribution in [-0.4, -0.2) is 30.5 Å². The molecule has 1 heterocycles. The van der Waals surface area contributed by atoms with Gasteiger partial charge in [0.1, 0.15) is 5.01 Å². The van der Waals surface area contributed by atoms with E-state index in [0.717, 1.165) is 29.7 Å². The van der Waals surface area contributed by atoms with E-state index in [1.807, 2.05) is 0 Å². The molecule has 0 radical (unpaired) electrons. The summed E-state index contributed by atoms with van der Waals surface area (Å²) in [6, 6.07) is 0. The van der Waals surface area contributed by atoms with Gasteiger partial charge in [0.15, 0.2) is 0 Å². The maximum Gasteiger partial charge on any atom is 0.205 e. The van der Waals surface area contributed by atoms with E-state index in [1.165, 1.54) is 0 Å². The minimum Gasteiger partial charge on any atom is -0.384 e. The SMILES string of the molecule is CCc1nnc(NCC(C)COC)s1. The number of nitrogens with zero attached hydrogens (tertiary/aromatic N) is 2. The van der Waals surface area contributed by atoms with Crippen LogP contribution in [0.3, 0.4) is 0 Å². The molecular formula is C9H17N3OS. The van der Waals surface area contributed by atoms with Crippen molar-refractivity contribution in [1.82, 2.24) is 10.2 Å². The van der Waals surface area contributed by atoms with Gasteiger partial charge in [-0.3, -0.25) is 0 Å². The number of aryl methyl sites for hydroxylation is 1. The number of ether oxygens (including phenoxy) is 1. The third kappa shape index (κ3) is 3.59. The van der Waals surface area contributed by atoms with E-state index in [4.69, 9.17) is 4.74 Å². The lowest BCUT2D eigenvalue weighted by molar-refractivity contribution is 0.164. The van der Waals surface area contributed by atoms with E-state index in [1.54, 1.807) is 18.4 Å². The Morgan fingerprint density at radius 3 is 2.86 bits per heavy atom. The average Bonchev–Trinajstić information content (AvgIpc) is 2.63. The fourth-order valence-electron chi connectivity index (χ4n) is 1.07. The molecule has 4 nitrogen and oxygen atoms in total. The van der Waals surface area contributed by atoms with Crippen molar-refractivity contribution < 1.29 is 4.74 Å². The van der Waals surface area contributed by atoms with Crippen molar-refractivity contribution in [2.75, 3.05) is 25.6 Å². The Kier molecular flexibility index (Phi) is 4.82. The Balaban J connectivity index is 2.30. The normalized spacial score (nSPS) is 12.8. The van der Waals surface area contributed by atoms with Gasteiger partial charge in [-0.05, 0) is 12.3 Å². The molecule has 5 heteroatoms. The molecule has 1 atom stereocenters. The predicted molar refractivity (Wildman–Crippen MR) is 58.8 cm³/mol. The third-order valence-corrected chi connectivity index (χ3v) is 2.85. The van der Waals surface area contributed by atoms with Crippen LogP contribution in [0, 0.1) is 5.92 Å². The molecule has 1 aromatic heterocycles. The highest BCUT2D eigenvalue weighted by Crippen LogP contribution is 2.15. The minimum atomic E-state index is 0.494. The summed E-state index contributed by atoms with van der Waals surface area (Å²) in [7, 11) is 1.72. The average molecular weight is 215 g/mol. The highest BCUT2D eigenvalue weighted by molar-refractivity contribution is 7.15. The lowest BCUT2D eigenvalue weighted by Gasteiger charge is -2.09. The molecule has 0 saturated heterocycles. The summed E-state index contributed by atoms with van der Waals surface area (Å²) in [4.78, 5) is 0. The lowest BCUT2D eigenvalue weighted by atomic mass is 10.2. The zero-order valence-corrected chi connectivity index (χ0v) is 9.73. The van der Waals surface area contributed by atoms with Crippen molar-refractivity contribution in [2.24, 2.45) is 5.92 Å². The maximum atomic E-state index is 5.05. The van der Waals surface area contributed by atoms with E-state index >= 15 is 0 Å². The Morgan fingerprint density at radius 1 is 1.50 bits per heavy atom.